The summed E-state index contributed by atoms with van der Waals surface area (Å²) in [5.74, 6) is -1.92. The number of carbonyl (C=O) groups is 3. The number of hydrogen-bond donors (Lipinski definition) is 0. The molecule has 0 radical (unpaired) electrons. The minimum absolute atomic E-state index is 0.0275. The molecule has 2 aliphatic carbocycles. The molecule has 41 heavy (non-hydrogen) atoms. The summed E-state index contributed by atoms with van der Waals surface area (Å²) in [5, 5.41) is 11.0. The van der Waals surface area contributed by atoms with E-state index < -0.39 is 56.1 Å². The van der Waals surface area contributed by atoms with Gasteiger partial charge in [0, 0.05) is 63.7 Å². The van der Waals surface area contributed by atoms with Crippen LogP contribution in [0, 0.1) is 21.4 Å². The SMILES string of the molecule is CC(=O)O[C@H]1C[C@@](C)(OC(C)=O)[C@H](OC(C)=O)[C@H]2CC=C3CCCN(S(=O)(=O)c4ccc([N+](=O)[O-])cc4)CCC[C@]312. The lowest BCUT2D eigenvalue weighted by molar-refractivity contribution is -0.384. The normalized spacial score (nSPS) is 30.3. The Morgan fingerprint density at radius 1 is 1.00 bits per heavy atom. The zero-order valence-corrected chi connectivity index (χ0v) is 24.5. The first-order chi connectivity index (χ1) is 19.2. The molecule has 1 aliphatic heterocycles. The van der Waals surface area contributed by atoms with Crippen LogP contribution < -0.4 is 0 Å². The molecule has 1 spiro atoms. The first-order valence-electron chi connectivity index (χ1n) is 13.7. The van der Waals surface area contributed by atoms with E-state index in [1.165, 1.54) is 49.3 Å². The van der Waals surface area contributed by atoms with E-state index in [0.717, 1.165) is 5.57 Å². The molecule has 0 aromatic heterocycles. The van der Waals surface area contributed by atoms with Crippen molar-refractivity contribution in [2.75, 3.05) is 13.1 Å². The average molecular weight is 593 g/mol. The van der Waals surface area contributed by atoms with Crippen LogP contribution in [0.5, 0.6) is 0 Å². The van der Waals surface area contributed by atoms with Gasteiger partial charge >= 0.3 is 17.9 Å². The largest absolute Gasteiger partial charge is 0.461 e. The van der Waals surface area contributed by atoms with Crippen LogP contribution in [0.2, 0.25) is 0 Å². The van der Waals surface area contributed by atoms with Gasteiger partial charge in [-0.25, -0.2) is 8.42 Å². The maximum Gasteiger partial charge on any atom is 0.303 e. The third-order valence-corrected chi connectivity index (χ3v) is 10.4. The van der Waals surface area contributed by atoms with Crippen LogP contribution in [-0.2, 0) is 38.6 Å². The quantitative estimate of drug-likeness (QED) is 0.157. The van der Waals surface area contributed by atoms with E-state index in [1.807, 2.05) is 0 Å². The number of esters is 3. The second kappa shape index (κ2) is 11.5. The summed E-state index contributed by atoms with van der Waals surface area (Å²) in [4.78, 5) is 47.1. The Balaban J connectivity index is 1.69. The van der Waals surface area contributed by atoms with Crippen LogP contribution in [0.3, 0.4) is 0 Å². The zero-order chi connectivity index (χ0) is 30.2. The number of sulfonamides is 1. The van der Waals surface area contributed by atoms with Crippen molar-refractivity contribution < 1.29 is 41.9 Å². The highest BCUT2D eigenvalue weighted by molar-refractivity contribution is 7.89. The molecule has 1 saturated heterocycles. The van der Waals surface area contributed by atoms with E-state index in [4.69, 9.17) is 14.2 Å². The fraction of sp³-hybridized carbons (Fsp3) is 0.607. The molecule has 0 amide bonds. The Labute approximate surface area is 239 Å². The highest BCUT2D eigenvalue weighted by Crippen LogP contribution is 2.61. The van der Waals surface area contributed by atoms with E-state index in [0.29, 0.717) is 32.1 Å². The van der Waals surface area contributed by atoms with Gasteiger partial charge in [-0.1, -0.05) is 11.6 Å². The number of nitro groups is 1. The predicted molar refractivity (Wildman–Crippen MR) is 145 cm³/mol. The summed E-state index contributed by atoms with van der Waals surface area (Å²) in [6, 6.07) is 4.82. The molecule has 3 aliphatic rings. The summed E-state index contributed by atoms with van der Waals surface area (Å²) < 4.78 is 45.9. The molecule has 2 fully saturated rings. The van der Waals surface area contributed by atoms with Gasteiger partial charge in [-0.15, -0.1) is 0 Å². The Morgan fingerprint density at radius 2 is 1.63 bits per heavy atom. The van der Waals surface area contributed by atoms with E-state index in [-0.39, 0.29) is 36.0 Å². The third-order valence-electron chi connectivity index (χ3n) is 8.53. The van der Waals surface area contributed by atoms with Gasteiger partial charge in [0.05, 0.1) is 9.82 Å². The van der Waals surface area contributed by atoms with Crippen molar-refractivity contribution in [3.05, 3.63) is 46.0 Å². The predicted octanol–water partition coefficient (Wildman–Crippen LogP) is 3.68. The van der Waals surface area contributed by atoms with Gasteiger partial charge < -0.3 is 14.2 Å². The Kier molecular flexibility index (Phi) is 8.60. The smallest absolute Gasteiger partial charge is 0.303 e. The van der Waals surface area contributed by atoms with E-state index in [1.54, 1.807) is 6.92 Å². The minimum atomic E-state index is -3.93. The number of hydrogen-bond acceptors (Lipinski definition) is 10. The number of allylic oxidation sites excluding steroid dienone is 1. The average Bonchev–Trinajstić information content (AvgIpc) is 3.26. The van der Waals surface area contributed by atoms with Crippen molar-refractivity contribution in [1.82, 2.24) is 4.31 Å². The van der Waals surface area contributed by atoms with Crippen molar-refractivity contribution in [2.24, 2.45) is 11.3 Å². The number of nitro benzene ring substituents is 1. The summed E-state index contributed by atoms with van der Waals surface area (Å²) in [6.07, 6.45) is 3.08. The fourth-order valence-corrected chi connectivity index (χ4v) is 8.59. The van der Waals surface area contributed by atoms with Crippen molar-refractivity contribution in [2.45, 2.75) is 88.9 Å². The van der Waals surface area contributed by atoms with Crippen LogP contribution >= 0.6 is 0 Å². The number of rotatable bonds is 6. The molecular weight excluding hydrogens is 556 g/mol. The van der Waals surface area contributed by atoms with Crippen molar-refractivity contribution in [1.29, 1.82) is 0 Å². The molecule has 13 heteroatoms. The van der Waals surface area contributed by atoms with Crippen LogP contribution in [0.4, 0.5) is 5.69 Å². The molecule has 1 aromatic carbocycles. The molecule has 12 nitrogen and oxygen atoms in total. The van der Waals surface area contributed by atoms with Gasteiger partial charge in [0.2, 0.25) is 10.0 Å². The topological polar surface area (TPSA) is 159 Å². The van der Waals surface area contributed by atoms with Crippen LogP contribution in [-0.4, -0.2) is 66.5 Å². The summed E-state index contributed by atoms with van der Waals surface area (Å²) >= 11 is 0. The lowest BCUT2D eigenvalue weighted by Crippen LogP contribution is -2.64. The Morgan fingerprint density at radius 3 is 2.22 bits per heavy atom. The van der Waals surface area contributed by atoms with Gasteiger partial charge in [0.15, 0.2) is 0 Å². The minimum Gasteiger partial charge on any atom is -0.461 e. The maximum absolute atomic E-state index is 13.5. The lowest BCUT2D eigenvalue weighted by atomic mass is 9.55. The monoisotopic (exact) mass is 592 g/mol. The summed E-state index contributed by atoms with van der Waals surface area (Å²) in [5.41, 5.74) is -1.15. The van der Waals surface area contributed by atoms with E-state index in [9.17, 15) is 32.9 Å². The summed E-state index contributed by atoms with van der Waals surface area (Å²) in [7, 11) is -3.93. The van der Waals surface area contributed by atoms with Gasteiger partial charge in [-0.3, -0.25) is 24.5 Å². The van der Waals surface area contributed by atoms with Crippen LogP contribution in [0.1, 0.15) is 66.2 Å². The Bertz CT molecular complexity index is 1360. The number of nitrogens with zero attached hydrogens (tertiary/aromatic N) is 2. The van der Waals surface area contributed by atoms with Crippen LogP contribution in [0.15, 0.2) is 40.8 Å². The highest BCUT2D eigenvalue weighted by Gasteiger charge is 2.65. The lowest BCUT2D eigenvalue weighted by Gasteiger charge is -2.55. The number of carbonyl (C=O) groups excluding carboxylic acids is 3. The molecule has 224 valence electrons. The molecule has 5 atom stereocenters. The van der Waals surface area contributed by atoms with Gasteiger partial charge in [0.1, 0.15) is 17.8 Å². The first kappa shape index (κ1) is 30.6. The molecule has 0 unspecified atom stereocenters. The molecule has 4 rings (SSSR count). The van der Waals surface area contributed by atoms with Crippen molar-refractivity contribution >= 4 is 33.6 Å². The molecule has 0 N–H and O–H groups in total. The third kappa shape index (κ3) is 5.87. The number of benzene rings is 1. The number of non-ortho nitro benzene ring substituents is 1. The van der Waals surface area contributed by atoms with Crippen LogP contribution in [0.25, 0.3) is 0 Å². The van der Waals surface area contributed by atoms with Crippen molar-refractivity contribution in [3.8, 4) is 0 Å². The summed E-state index contributed by atoms with van der Waals surface area (Å²) in [6.45, 7) is 5.99. The Hall–Kier alpha value is -3.32. The maximum atomic E-state index is 13.5. The molecular formula is C28H36N2O10S. The second-order valence-electron chi connectivity index (χ2n) is 11.2. The van der Waals surface area contributed by atoms with Gasteiger partial charge in [-0.2, -0.15) is 4.31 Å². The zero-order valence-electron chi connectivity index (χ0n) is 23.7. The molecule has 1 heterocycles. The van der Waals surface area contributed by atoms with Gasteiger partial charge in [0.25, 0.3) is 5.69 Å². The second-order valence-corrected chi connectivity index (χ2v) is 13.2. The first-order valence-corrected chi connectivity index (χ1v) is 15.1. The molecule has 0 bridgehead atoms. The molecule has 1 saturated carbocycles. The molecule has 1 aromatic rings. The van der Waals surface area contributed by atoms with Crippen molar-refractivity contribution in [3.63, 3.8) is 0 Å². The van der Waals surface area contributed by atoms with E-state index in [2.05, 4.69) is 6.08 Å². The number of ether oxygens (including phenoxy) is 3. The van der Waals surface area contributed by atoms with E-state index >= 15 is 0 Å². The fourth-order valence-electron chi connectivity index (χ4n) is 7.08. The standard InChI is InChI=1S/C28H36N2O10S/c1-18(31)38-25-17-27(4,40-20(3)33)26(39-19(2)32)24-13-8-21-7-5-15-29(16-6-14-28(21,24)25)41(36,37)23-11-9-22(10-12-23)30(34)35/h8-12,24-26H,5-7,13-17H2,1-4H3/t24-,25+,26-,27-,28-/m1/s1. The van der Waals surface area contributed by atoms with Gasteiger partial charge in [-0.05, 0) is 51.2 Å². The highest BCUT2D eigenvalue weighted by atomic mass is 32.2.